The molecule has 1 aromatic carbocycles. The van der Waals surface area contributed by atoms with E-state index in [4.69, 9.17) is 4.74 Å². The molecule has 2 aromatic rings. The molecule has 4 heteroatoms. The lowest BCUT2D eigenvalue weighted by atomic mass is 10.3. The largest absolute Gasteiger partial charge is 0.484 e. The first kappa shape index (κ1) is 12.2. The minimum absolute atomic E-state index is 0.0385. The summed E-state index contributed by atoms with van der Waals surface area (Å²) in [5.41, 5.74) is 1.07. The van der Waals surface area contributed by atoms with Crippen molar-refractivity contribution in [3.8, 4) is 5.75 Å². The zero-order valence-electron chi connectivity index (χ0n) is 10.3. The Morgan fingerprint density at radius 3 is 2.72 bits per heavy atom. The second-order valence-corrected chi connectivity index (χ2v) is 4.06. The lowest BCUT2D eigenvalue weighted by Crippen LogP contribution is -2.28. The molecule has 0 saturated heterocycles. The maximum atomic E-state index is 11.6. The summed E-state index contributed by atoms with van der Waals surface area (Å²) < 4.78 is 7.29. The van der Waals surface area contributed by atoms with Crippen molar-refractivity contribution in [3.05, 3.63) is 54.4 Å². The highest BCUT2D eigenvalue weighted by Crippen LogP contribution is 2.07. The summed E-state index contributed by atoms with van der Waals surface area (Å²) in [5, 5.41) is 2.81. The lowest BCUT2D eigenvalue weighted by Gasteiger charge is -2.06. The number of carbonyl (C=O) groups excluding carboxylic acids is 1. The SMILES string of the molecule is Cn1ccc(CNC(=O)COc2ccccc2)c1. The molecule has 1 heterocycles. The molecule has 2 rings (SSSR count). The van der Waals surface area contributed by atoms with E-state index in [2.05, 4.69) is 5.32 Å². The van der Waals surface area contributed by atoms with Gasteiger partial charge in [-0.1, -0.05) is 18.2 Å². The van der Waals surface area contributed by atoms with E-state index in [1.807, 2.05) is 60.4 Å². The van der Waals surface area contributed by atoms with Crippen LogP contribution in [-0.4, -0.2) is 17.1 Å². The van der Waals surface area contributed by atoms with Crippen molar-refractivity contribution in [2.45, 2.75) is 6.54 Å². The maximum absolute atomic E-state index is 11.6. The highest BCUT2D eigenvalue weighted by atomic mass is 16.5. The molecule has 0 aliphatic carbocycles. The van der Waals surface area contributed by atoms with Crippen molar-refractivity contribution in [2.24, 2.45) is 7.05 Å². The summed E-state index contributed by atoms with van der Waals surface area (Å²) in [5.74, 6) is 0.579. The number of hydrogen-bond donors (Lipinski definition) is 1. The summed E-state index contributed by atoms with van der Waals surface area (Å²) in [6.45, 7) is 0.564. The van der Waals surface area contributed by atoms with Gasteiger partial charge in [-0.2, -0.15) is 0 Å². The van der Waals surface area contributed by atoms with Crippen LogP contribution in [0.5, 0.6) is 5.75 Å². The predicted molar refractivity (Wildman–Crippen MR) is 69.2 cm³/mol. The van der Waals surface area contributed by atoms with Gasteiger partial charge in [-0.15, -0.1) is 0 Å². The number of rotatable bonds is 5. The van der Waals surface area contributed by atoms with E-state index in [1.165, 1.54) is 0 Å². The first-order valence-electron chi connectivity index (χ1n) is 5.79. The third-order valence-corrected chi connectivity index (χ3v) is 2.50. The molecule has 1 aromatic heterocycles. The fourth-order valence-electron chi connectivity index (χ4n) is 1.58. The quantitative estimate of drug-likeness (QED) is 0.870. The molecular formula is C14H16N2O2. The summed E-state index contributed by atoms with van der Waals surface area (Å²) >= 11 is 0. The van der Waals surface area contributed by atoms with E-state index in [0.29, 0.717) is 12.3 Å². The van der Waals surface area contributed by atoms with Crippen LogP contribution < -0.4 is 10.1 Å². The Hall–Kier alpha value is -2.23. The molecule has 0 aliphatic heterocycles. The Kier molecular flexibility index (Phi) is 4.02. The van der Waals surface area contributed by atoms with E-state index in [0.717, 1.165) is 5.56 Å². The second-order valence-electron chi connectivity index (χ2n) is 4.06. The van der Waals surface area contributed by atoms with Gasteiger partial charge in [0.2, 0.25) is 0 Å². The van der Waals surface area contributed by atoms with Crippen LogP contribution >= 0.6 is 0 Å². The van der Waals surface area contributed by atoms with Crippen molar-refractivity contribution >= 4 is 5.91 Å². The summed E-state index contributed by atoms with van der Waals surface area (Å²) in [6, 6.07) is 11.3. The number of benzene rings is 1. The van der Waals surface area contributed by atoms with Crippen molar-refractivity contribution in [2.75, 3.05) is 6.61 Å². The van der Waals surface area contributed by atoms with E-state index in [1.54, 1.807) is 0 Å². The van der Waals surface area contributed by atoms with Gasteiger partial charge in [0.25, 0.3) is 5.91 Å². The van der Waals surface area contributed by atoms with Gasteiger partial charge in [0.05, 0.1) is 0 Å². The number of para-hydroxylation sites is 1. The number of amides is 1. The topological polar surface area (TPSA) is 43.3 Å². The molecule has 0 saturated carbocycles. The zero-order chi connectivity index (χ0) is 12.8. The van der Waals surface area contributed by atoms with Crippen molar-refractivity contribution < 1.29 is 9.53 Å². The van der Waals surface area contributed by atoms with Gasteiger partial charge in [-0.05, 0) is 23.8 Å². The number of carbonyl (C=O) groups is 1. The van der Waals surface area contributed by atoms with E-state index in [-0.39, 0.29) is 12.5 Å². The third kappa shape index (κ3) is 3.66. The van der Waals surface area contributed by atoms with Crippen molar-refractivity contribution in [3.63, 3.8) is 0 Å². The summed E-state index contributed by atoms with van der Waals surface area (Å²) in [4.78, 5) is 11.6. The standard InChI is InChI=1S/C14H16N2O2/c1-16-8-7-12(10-16)9-15-14(17)11-18-13-5-3-2-4-6-13/h2-8,10H,9,11H2,1H3,(H,15,17). The lowest BCUT2D eigenvalue weighted by molar-refractivity contribution is -0.123. The Balaban J connectivity index is 1.73. The normalized spacial score (nSPS) is 10.1. The first-order chi connectivity index (χ1) is 8.74. The van der Waals surface area contributed by atoms with Crippen LogP contribution in [0, 0.1) is 0 Å². The van der Waals surface area contributed by atoms with Crippen molar-refractivity contribution in [1.82, 2.24) is 9.88 Å². The zero-order valence-corrected chi connectivity index (χ0v) is 10.3. The number of ether oxygens (including phenoxy) is 1. The van der Waals surface area contributed by atoms with Gasteiger partial charge in [0.15, 0.2) is 6.61 Å². The molecule has 0 atom stereocenters. The molecule has 0 bridgehead atoms. The number of nitrogens with zero attached hydrogens (tertiary/aromatic N) is 1. The Morgan fingerprint density at radius 1 is 1.28 bits per heavy atom. The van der Waals surface area contributed by atoms with Gasteiger partial charge in [0.1, 0.15) is 5.75 Å². The average Bonchev–Trinajstić information content (AvgIpc) is 2.81. The number of aromatic nitrogens is 1. The van der Waals surface area contributed by atoms with E-state index < -0.39 is 0 Å². The predicted octanol–water partition coefficient (Wildman–Crippen LogP) is 1.72. The van der Waals surface area contributed by atoms with Crippen LogP contribution in [0.1, 0.15) is 5.56 Å². The van der Waals surface area contributed by atoms with Crippen LogP contribution in [0.4, 0.5) is 0 Å². The number of nitrogens with one attached hydrogen (secondary N) is 1. The summed E-state index contributed by atoms with van der Waals surface area (Å²) in [6.07, 6.45) is 3.92. The maximum Gasteiger partial charge on any atom is 0.258 e. The molecule has 0 spiro atoms. The van der Waals surface area contributed by atoms with Crippen LogP contribution in [0.25, 0.3) is 0 Å². The molecule has 0 fully saturated rings. The number of aryl methyl sites for hydroxylation is 1. The monoisotopic (exact) mass is 244 g/mol. The van der Waals surface area contributed by atoms with Gasteiger partial charge < -0.3 is 14.6 Å². The fourth-order valence-corrected chi connectivity index (χ4v) is 1.58. The highest BCUT2D eigenvalue weighted by molar-refractivity contribution is 5.77. The summed E-state index contributed by atoms with van der Waals surface area (Å²) in [7, 11) is 1.95. The second kappa shape index (κ2) is 5.91. The third-order valence-electron chi connectivity index (χ3n) is 2.50. The van der Waals surface area contributed by atoms with Gasteiger partial charge in [-0.3, -0.25) is 4.79 Å². The molecule has 0 unspecified atom stereocenters. The van der Waals surface area contributed by atoms with Crippen LogP contribution in [0.3, 0.4) is 0 Å². The Morgan fingerprint density at radius 2 is 2.06 bits per heavy atom. The molecule has 0 radical (unpaired) electrons. The molecule has 4 nitrogen and oxygen atoms in total. The molecule has 94 valence electrons. The van der Waals surface area contributed by atoms with Gasteiger partial charge in [0, 0.05) is 26.0 Å². The molecular weight excluding hydrogens is 228 g/mol. The molecule has 1 N–H and O–H groups in total. The van der Waals surface area contributed by atoms with Gasteiger partial charge in [-0.25, -0.2) is 0 Å². The minimum atomic E-state index is -0.122. The van der Waals surface area contributed by atoms with Crippen LogP contribution in [0.15, 0.2) is 48.8 Å². The smallest absolute Gasteiger partial charge is 0.258 e. The Bertz CT molecular complexity index is 506. The van der Waals surface area contributed by atoms with Crippen LogP contribution in [0.2, 0.25) is 0 Å². The van der Waals surface area contributed by atoms with E-state index >= 15 is 0 Å². The molecule has 0 aliphatic rings. The highest BCUT2D eigenvalue weighted by Gasteiger charge is 2.02. The van der Waals surface area contributed by atoms with Crippen LogP contribution in [-0.2, 0) is 18.4 Å². The van der Waals surface area contributed by atoms with Gasteiger partial charge >= 0.3 is 0 Å². The van der Waals surface area contributed by atoms with E-state index in [9.17, 15) is 4.79 Å². The minimum Gasteiger partial charge on any atom is -0.484 e. The molecule has 1 amide bonds. The molecule has 18 heavy (non-hydrogen) atoms. The van der Waals surface area contributed by atoms with Crippen molar-refractivity contribution in [1.29, 1.82) is 0 Å². The number of hydrogen-bond acceptors (Lipinski definition) is 2. The Labute approximate surface area is 106 Å². The fraction of sp³-hybridized carbons (Fsp3) is 0.214. The first-order valence-corrected chi connectivity index (χ1v) is 5.79. The average molecular weight is 244 g/mol.